The monoisotopic (exact) mass is 227 g/mol. The number of nitrogens with one attached hydrogen (secondary N) is 1. The van der Waals surface area contributed by atoms with E-state index in [4.69, 9.17) is 4.74 Å². The lowest BCUT2D eigenvalue weighted by molar-refractivity contribution is 0.105. The van der Waals surface area contributed by atoms with Crippen molar-refractivity contribution in [3.63, 3.8) is 0 Å². The molecule has 0 radical (unpaired) electrons. The quantitative estimate of drug-likeness (QED) is 0.618. The topological polar surface area (TPSA) is 21.3 Å². The zero-order valence-corrected chi connectivity index (χ0v) is 11.3. The van der Waals surface area contributed by atoms with Crippen molar-refractivity contribution >= 4 is 0 Å². The first-order valence-corrected chi connectivity index (χ1v) is 7.02. The maximum absolute atomic E-state index is 5.32. The molecule has 0 aromatic carbocycles. The van der Waals surface area contributed by atoms with Crippen molar-refractivity contribution in [2.75, 3.05) is 13.7 Å². The smallest absolute Gasteiger partial charge is 0.0543 e. The van der Waals surface area contributed by atoms with E-state index in [2.05, 4.69) is 19.2 Å². The number of ether oxygens (including phenoxy) is 1. The van der Waals surface area contributed by atoms with Crippen LogP contribution in [-0.2, 0) is 4.74 Å². The van der Waals surface area contributed by atoms with Crippen LogP contribution in [0.4, 0.5) is 0 Å². The van der Waals surface area contributed by atoms with E-state index in [1.54, 1.807) is 0 Å². The van der Waals surface area contributed by atoms with Gasteiger partial charge in [0.1, 0.15) is 0 Å². The van der Waals surface area contributed by atoms with Crippen molar-refractivity contribution in [2.24, 2.45) is 5.92 Å². The molecule has 0 saturated heterocycles. The average Bonchev–Trinajstić information content (AvgIpc) is 3.11. The van der Waals surface area contributed by atoms with E-state index in [0.29, 0.717) is 6.10 Å². The molecule has 0 heterocycles. The molecule has 2 heteroatoms. The Balaban J connectivity index is 2.13. The summed E-state index contributed by atoms with van der Waals surface area (Å²) in [5.41, 5.74) is 0. The Hall–Kier alpha value is -0.0800. The lowest BCUT2D eigenvalue weighted by Crippen LogP contribution is -2.30. The predicted molar refractivity (Wildman–Crippen MR) is 69.7 cm³/mol. The highest BCUT2D eigenvalue weighted by molar-refractivity contribution is 4.77. The van der Waals surface area contributed by atoms with Gasteiger partial charge < -0.3 is 10.1 Å². The van der Waals surface area contributed by atoms with Gasteiger partial charge in [-0.15, -0.1) is 0 Å². The molecule has 16 heavy (non-hydrogen) atoms. The van der Waals surface area contributed by atoms with Crippen molar-refractivity contribution in [1.82, 2.24) is 5.32 Å². The van der Waals surface area contributed by atoms with Crippen LogP contribution in [0, 0.1) is 5.92 Å². The van der Waals surface area contributed by atoms with Crippen LogP contribution in [0.2, 0.25) is 0 Å². The second-order valence-corrected chi connectivity index (χ2v) is 5.30. The minimum absolute atomic E-state index is 0.409. The van der Waals surface area contributed by atoms with Crippen LogP contribution in [0.5, 0.6) is 0 Å². The molecule has 0 aliphatic heterocycles. The molecule has 0 bridgehead atoms. The van der Waals surface area contributed by atoms with Crippen LogP contribution in [0.25, 0.3) is 0 Å². The second kappa shape index (κ2) is 8.08. The third-order valence-corrected chi connectivity index (χ3v) is 3.63. The number of hydrogen-bond acceptors (Lipinski definition) is 2. The Morgan fingerprint density at radius 3 is 2.56 bits per heavy atom. The standard InChI is InChI=1S/C14H29NO/c1-4-11-15-14(9-5-12(2)16-3)10-8-13-6-7-13/h12-15H,4-11H2,1-3H3. The summed E-state index contributed by atoms with van der Waals surface area (Å²) >= 11 is 0. The van der Waals surface area contributed by atoms with Gasteiger partial charge in [-0.05, 0) is 51.5 Å². The van der Waals surface area contributed by atoms with Gasteiger partial charge in [0.15, 0.2) is 0 Å². The van der Waals surface area contributed by atoms with Crippen molar-refractivity contribution < 1.29 is 4.74 Å². The van der Waals surface area contributed by atoms with Crippen molar-refractivity contribution in [3.05, 3.63) is 0 Å². The maximum atomic E-state index is 5.32. The first-order chi connectivity index (χ1) is 7.76. The van der Waals surface area contributed by atoms with Crippen LogP contribution in [0.1, 0.15) is 58.8 Å². The Kier molecular flexibility index (Phi) is 7.06. The van der Waals surface area contributed by atoms with E-state index in [-0.39, 0.29) is 0 Å². The van der Waals surface area contributed by atoms with Gasteiger partial charge in [0.05, 0.1) is 6.10 Å². The minimum atomic E-state index is 0.409. The number of methoxy groups -OCH3 is 1. The fourth-order valence-electron chi connectivity index (χ4n) is 2.09. The summed E-state index contributed by atoms with van der Waals surface area (Å²) in [5.74, 6) is 1.06. The third-order valence-electron chi connectivity index (χ3n) is 3.63. The number of hydrogen-bond donors (Lipinski definition) is 1. The summed E-state index contributed by atoms with van der Waals surface area (Å²) < 4.78 is 5.32. The molecule has 2 unspecified atom stereocenters. The zero-order valence-electron chi connectivity index (χ0n) is 11.3. The Labute approximate surface area is 101 Å². The Bertz CT molecular complexity index is 168. The van der Waals surface area contributed by atoms with E-state index in [9.17, 15) is 0 Å². The van der Waals surface area contributed by atoms with Crippen LogP contribution in [0.15, 0.2) is 0 Å². The molecule has 1 aliphatic carbocycles. The van der Waals surface area contributed by atoms with Gasteiger partial charge in [0.2, 0.25) is 0 Å². The van der Waals surface area contributed by atoms with Crippen molar-refractivity contribution in [3.8, 4) is 0 Å². The van der Waals surface area contributed by atoms with Crippen LogP contribution < -0.4 is 5.32 Å². The van der Waals surface area contributed by atoms with E-state index >= 15 is 0 Å². The molecular weight excluding hydrogens is 198 g/mol. The molecule has 2 atom stereocenters. The fourth-order valence-corrected chi connectivity index (χ4v) is 2.09. The summed E-state index contributed by atoms with van der Waals surface area (Å²) in [5, 5.41) is 3.68. The molecule has 1 fully saturated rings. The van der Waals surface area contributed by atoms with E-state index < -0.39 is 0 Å². The van der Waals surface area contributed by atoms with Gasteiger partial charge in [0.25, 0.3) is 0 Å². The minimum Gasteiger partial charge on any atom is -0.382 e. The molecule has 0 aromatic rings. The lowest BCUT2D eigenvalue weighted by atomic mass is 10.0. The predicted octanol–water partition coefficient (Wildman–Crippen LogP) is 3.36. The molecule has 1 rings (SSSR count). The second-order valence-electron chi connectivity index (χ2n) is 5.30. The van der Waals surface area contributed by atoms with Gasteiger partial charge in [-0.25, -0.2) is 0 Å². The third kappa shape index (κ3) is 6.49. The van der Waals surface area contributed by atoms with Crippen molar-refractivity contribution in [2.45, 2.75) is 70.9 Å². The van der Waals surface area contributed by atoms with Crippen molar-refractivity contribution in [1.29, 1.82) is 0 Å². The average molecular weight is 227 g/mol. The Morgan fingerprint density at radius 1 is 1.25 bits per heavy atom. The fraction of sp³-hybridized carbons (Fsp3) is 1.00. The lowest BCUT2D eigenvalue weighted by Gasteiger charge is -2.20. The van der Waals surface area contributed by atoms with Gasteiger partial charge in [-0.1, -0.05) is 19.8 Å². The maximum Gasteiger partial charge on any atom is 0.0543 e. The molecule has 2 nitrogen and oxygen atoms in total. The summed E-state index contributed by atoms with van der Waals surface area (Å²) in [6.07, 6.45) is 9.85. The van der Waals surface area contributed by atoms with E-state index in [1.165, 1.54) is 44.9 Å². The molecular formula is C14H29NO. The molecule has 0 aromatic heterocycles. The van der Waals surface area contributed by atoms with Gasteiger partial charge in [0, 0.05) is 13.2 Å². The van der Waals surface area contributed by atoms with E-state index in [1.807, 2.05) is 7.11 Å². The highest BCUT2D eigenvalue weighted by Crippen LogP contribution is 2.34. The highest BCUT2D eigenvalue weighted by Gasteiger charge is 2.22. The summed E-state index contributed by atoms with van der Waals surface area (Å²) in [6, 6.07) is 0.721. The summed E-state index contributed by atoms with van der Waals surface area (Å²) in [7, 11) is 1.81. The SMILES string of the molecule is CCCNC(CCC1CC1)CCC(C)OC. The molecule has 1 saturated carbocycles. The summed E-state index contributed by atoms with van der Waals surface area (Å²) in [4.78, 5) is 0. The molecule has 1 N–H and O–H groups in total. The van der Waals surface area contributed by atoms with Gasteiger partial charge >= 0.3 is 0 Å². The first-order valence-electron chi connectivity index (χ1n) is 7.02. The van der Waals surface area contributed by atoms with Crippen LogP contribution in [-0.4, -0.2) is 25.8 Å². The molecule has 96 valence electrons. The number of rotatable bonds is 10. The zero-order chi connectivity index (χ0) is 11.8. The highest BCUT2D eigenvalue weighted by atomic mass is 16.5. The van der Waals surface area contributed by atoms with Gasteiger partial charge in [-0.3, -0.25) is 0 Å². The van der Waals surface area contributed by atoms with E-state index in [0.717, 1.165) is 18.5 Å². The first kappa shape index (κ1) is 14.0. The molecule has 1 aliphatic rings. The van der Waals surface area contributed by atoms with Gasteiger partial charge in [-0.2, -0.15) is 0 Å². The molecule has 0 spiro atoms. The normalized spacial score (nSPS) is 19.7. The largest absolute Gasteiger partial charge is 0.382 e. The molecule has 0 amide bonds. The van der Waals surface area contributed by atoms with Crippen LogP contribution >= 0.6 is 0 Å². The van der Waals surface area contributed by atoms with Crippen LogP contribution in [0.3, 0.4) is 0 Å². The Morgan fingerprint density at radius 2 is 2.00 bits per heavy atom. The summed E-state index contributed by atoms with van der Waals surface area (Å²) in [6.45, 7) is 5.57.